The summed E-state index contributed by atoms with van der Waals surface area (Å²) in [5, 5.41) is 0.775. The standard InChI is InChI=1S/C15H20ClN3/c1-2-18-8-4-3-6-12(18)10-15-17-11-14-13(16)7-5-9-19(14)15/h5,7,9,11-12H,2-4,6,8,10H2,1H3. The molecule has 2 aromatic rings. The average Bonchev–Trinajstić information content (AvgIpc) is 2.84. The molecule has 0 radical (unpaired) electrons. The number of pyridine rings is 1. The van der Waals surface area contributed by atoms with Gasteiger partial charge in [0, 0.05) is 18.7 Å². The van der Waals surface area contributed by atoms with Crippen molar-refractivity contribution in [3.63, 3.8) is 0 Å². The molecular formula is C15H20ClN3. The van der Waals surface area contributed by atoms with E-state index in [1.165, 1.54) is 25.8 Å². The Balaban J connectivity index is 1.86. The van der Waals surface area contributed by atoms with Crippen LogP contribution in [0.3, 0.4) is 0 Å². The number of likely N-dealkylation sites (tertiary alicyclic amines) is 1. The Morgan fingerprint density at radius 1 is 1.42 bits per heavy atom. The Labute approximate surface area is 119 Å². The summed E-state index contributed by atoms with van der Waals surface area (Å²) in [6.45, 7) is 4.61. The van der Waals surface area contributed by atoms with Gasteiger partial charge in [-0.15, -0.1) is 0 Å². The van der Waals surface area contributed by atoms with Crippen molar-refractivity contribution >= 4 is 17.1 Å². The van der Waals surface area contributed by atoms with Crippen molar-refractivity contribution in [1.29, 1.82) is 0 Å². The molecule has 0 N–H and O–H groups in total. The van der Waals surface area contributed by atoms with Gasteiger partial charge in [0.1, 0.15) is 5.82 Å². The van der Waals surface area contributed by atoms with Crippen LogP contribution in [0.1, 0.15) is 32.0 Å². The van der Waals surface area contributed by atoms with E-state index >= 15 is 0 Å². The van der Waals surface area contributed by atoms with E-state index in [1.807, 2.05) is 18.3 Å². The van der Waals surface area contributed by atoms with Gasteiger partial charge in [0.05, 0.1) is 16.7 Å². The fourth-order valence-electron chi connectivity index (χ4n) is 3.11. The van der Waals surface area contributed by atoms with Crippen LogP contribution in [0.4, 0.5) is 0 Å². The molecule has 0 aromatic carbocycles. The Morgan fingerprint density at radius 3 is 3.16 bits per heavy atom. The van der Waals surface area contributed by atoms with E-state index in [2.05, 4.69) is 27.4 Å². The summed E-state index contributed by atoms with van der Waals surface area (Å²) in [5.41, 5.74) is 1.01. The van der Waals surface area contributed by atoms with E-state index in [4.69, 9.17) is 11.6 Å². The first kappa shape index (κ1) is 12.9. The van der Waals surface area contributed by atoms with E-state index in [0.717, 1.165) is 29.3 Å². The first-order chi connectivity index (χ1) is 9.29. The minimum Gasteiger partial charge on any atom is -0.302 e. The molecule has 2 aromatic heterocycles. The molecule has 0 amide bonds. The number of rotatable bonds is 3. The number of imidazole rings is 1. The molecule has 0 bridgehead atoms. The second-order valence-corrected chi connectivity index (χ2v) is 5.68. The Kier molecular flexibility index (Phi) is 3.76. The molecule has 1 unspecified atom stereocenters. The third-order valence-electron chi connectivity index (χ3n) is 4.17. The lowest BCUT2D eigenvalue weighted by Crippen LogP contribution is -2.40. The van der Waals surface area contributed by atoms with Gasteiger partial charge >= 0.3 is 0 Å². The number of likely N-dealkylation sites (N-methyl/N-ethyl adjacent to an activating group) is 1. The van der Waals surface area contributed by atoms with Crippen molar-refractivity contribution in [2.45, 2.75) is 38.6 Å². The van der Waals surface area contributed by atoms with Crippen molar-refractivity contribution in [2.24, 2.45) is 0 Å². The highest BCUT2D eigenvalue weighted by molar-refractivity contribution is 6.33. The van der Waals surface area contributed by atoms with Crippen molar-refractivity contribution in [2.75, 3.05) is 13.1 Å². The molecule has 1 fully saturated rings. The third-order valence-corrected chi connectivity index (χ3v) is 4.49. The largest absolute Gasteiger partial charge is 0.302 e. The predicted molar refractivity (Wildman–Crippen MR) is 78.8 cm³/mol. The Hall–Kier alpha value is -1.06. The van der Waals surface area contributed by atoms with E-state index in [-0.39, 0.29) is 0 Å². The molecule has 1 saturated heterocycles. The van der Waals surface area contributed by atoms with Gasteiger partial charge in [-0.2, -0.15) is 0 Å². The monoisotopic (exact) mass is 277 g/mol. The lowest BCUT2D eigenvalue weighted by molar-refractivity contribution is 0.153. The normalized spacial score (nSPS) is 21.1. The molecule has 4 heteroatoms. The van der Waals surface area contributed by atoms with Crippen LogP contribution in [0.5, 0.6) is 0 Å². The van der Waals surface area contributed by atoms with Crippen molar-refractivity contribution in [3.8, 4) is 0 Å². The first-order valence-electron chi connectivity index (χ1n) is 7.14. The topological polar surface area (TPSA) is 20.5 Å². The van der Waals surface area contributed by atoms with E-state index < -0.39 is 0 Å². The molecular weight excluding hydrogens is 258 g/mol. The number of fused-ring (bicyclic) bond motifs is 1. The average molecular weight is 278 g/mol. The summed E-state index contributed by atoms with van der Waals surface area (Å²) in [6, 6.07) is 4.53. The number of nitrogens with zero attached hydrogens (tertiary/aromatic N) is 3. The van der Waals surface area contributed by atoms with Crippen LogP contribution in [0.2, 0.25) is 5.02 Å². The maximum atomic E-state index is 6.20. The lowest BCUT2D eigenvalue weighted by Gasteiger charge is -2.34. The molecule has 3 nitrogen and oxygen atoms in total. The zero-order valence-corrected chi connectivity index (χ0v) is 12.1. The summed E-state index contributed by atoms with van der Waals surface area (Å²) >= 11 is 6.20. The van der Waals surface area contributed by atoms with Crippen molar-refractivity contribution in [1.82, 2.24) is 14.3 Å². The maximum absolute atomic E-state index is 6.20. The zero-order valence-electron chi connectivity index (χ0n) is 11.3. The van der Waals surface area contributed by atoms with E-state index in [1.54, 1.807) is 0 Å². The highest BCUT2D eigenvalue weighted by atomic mass is 35.5. The number of hydrogen-bond donors (Lipinski definition) is 0. The minimum absolute atomic E-state index is 0.628. The fourth-order valence-corrected chi connectivity index (χ4v) is 3.32. The SMILES string of the molecule is CCN1CCCCC1Cc1ncc2c(Cl)cccn12. The summed E-state index contributed by atoms with van der Waals surface area (Å²) in [5.74, 6) is 1.13. The van der Waals surface area contributed by atoms with Gasteiger partial charge in [-0.3, -0.25) is 0 Å². The molecule has 19 heavy (non-hydrogen) atoms. The molecule has 3 heterocycles. The highest BCUT2D eigenvalue weighted by Gasteiger charge is 2.22. The van der Waals surface area contributed by atoms with Gasteiger partial charge in [0.25, 0.3) is 0 Å². The van der Waals surface area contributed by atoms with Gasteiger partial charge in [0.2, 0.25) is 0 Å². The minimum atomic E-state index is 0.628. The van der Waals surface area contributed by atoms with E-state index in [9.17, 15) is 0 Å². The van der Waals surface area contributed by atoms with Gasteiger partial charge < -0.3 is 9.30 Å². The fraction of sp³-hybridized carbons (Fsp3) is 0.533. The quantitative estimate of drug-likeness (QED) is 0.857. The van der Waals surface area contributed by atoms with Gasteiger partial charge in [-0.05, 0) is 38.1 Å². The van der Waals surface area contributed by atoms with Crippen molar-refractivity contribution in [3.05, 3.63) is 35.4 Å². The third kappa shape index (κ3) is 2.49. The number of hydrogen-bond acceptors (Lipinski definition) is 2. The Bertz CT molecular complexity index is 564. The summed E-state index contributed by atoms with van der Waals surface area (Å²) in [4.78, 5) is 7.15. The lowest BCUT2D eigenvalue weighted by atomic mass is 9.99. The van der Waals surface area contributed by atoms with E-state index in [0.29, 0.717) is 6.04 Å². The number of halogens is 1. The predicted octanol–water partition coefficient (Wildman–Crippen LogP) is 3.40. The molecule has 0 spiro atoms. The molecule has 3 rings (SSSR count). The maximum Gasteiger partial charge on any atom is 0.114 e. The van der Waals surface area contributed by atoms with Gasteiger partial charge in [-0.1, -0.05) is 24.9 Å². The van der Waals surface area contributed by atoms with Crippen molar-refractivity contribution < 1.29 is 0 Å². The highest BCUT2D eigenvalue weighted by Crippen LogP contribution is 2.22. The van der Waals surface area contributed by atoms with Crippen LogP contribution in [0, 0.1) is 0 Å². The number of aromatic nitrogens is 2. The smallest absolute Gasteiger partial charge is 0.114 e. The molecule has 1 aliphatic heterocycles. The molecule has 0 aliphatic carbocycles. The first-order valence-corrected chi connectivity index (χ1v) is 7.52. The second-order valence-electron chi connectivity index (χ2n) is 5.27. The van der Waals surface area contributed by atoms with Gasteiger partial charge in [0.15, 0.2) is 0 Å². The summed E-state index contributed by atoms with van der Waals surface area (Å²) in [6.07, 6.45) is 8.91. The Morgan fingerprint density at radius 2 is 2.32 bits per heavy atom. The van der Waals surface area contributed by atoms with Crippen LogP contribution >= 0.6 is 11.6 Å². The summed E-state index contributed by atoms with van der Waals surface area (Å²) < 4.78 is 2.13. The van der Waals surface area contributed by atoms with Crippen LogP contribution in [-0.2, 0) is 6.42 Å². The second kappa shape index (κ2) is 5.51. The number of piperidine rings is 1. The molecule has 0 saturated carbocycles. The van der Waals surface area contributed by atoms with Crippen LogP contribution < -0.4 is 0 Å². The van der Waals surface area contributed by atoms with Crippen LogP contribution in [0.25, 0.3) is 5.52 Å². The zero-order chi connectivity index (χ0) is 13.2. The summed E-state index contributed by atoms with van der Waals surface area (Å²) in [7, 11) is 0. The molecule has 1 atom stereocenters. The molecule has 1 aliphatic rings. The van der Waals surface area contributed by atoms with Gasteiger partial charge in [-0.25, -0.2) is 4.98 Å². The van der Waals surface area contributed by atoms with Crippen LogP contribution in [0.15, 0.2) is 24.5 Å². The molecule has 102 valence electrons. The van der Waals surface area contributed by atoms with Crippen LogP contribution in [-0.4, -0.2) is 33.4 Å².